The number of hydrogen-bond donors (Lipinski definition) is 1. The van der Waals surface area contributed by atoms with Crippen molar-refractivity contribution in [1.82, 2.24) is 4.90 Å². The molecule has 0 aliphatic heterocycles. The van der Waals surface area contributed by atoms with Crippen LogP contribution in [-0.2, 0) is 11.3 Å². The highest BCUT2D eigenvalue weighted by Crippen LogP contribution is 2.20. The molecular weight excluding hydrogens is 277 g/mol. The van der Waals surface area contributed by atoms with E-state index < -0.39 is 12.1 Å². The van der Waals surface area contributed by atoms with E-state index >= 15 is 0 Å². The quantitative estimate of drug-likeness (QED) is 0.846. The van der Waals surface area contributed by atoms with Crippen molar-refractivity contribution >= 4 is 23.1 Å². The molecule has 0 radical (unpaired) electrons. The van der Waals surface area contributed by atoms with E-state index in [0.717, 1.165) is 0 Å². The molecular formula is C12H13F3N2OS. The van der Waals surface area contributed by atoms with Crippen molar-refractivity contribution in [2.75, 3.05) is 6.54 Å². The number of halogens is 3. The van der Waals surface area contributed by atoms with Gasteiger partial charge in [0.15, 0.2) is 0 Å². The van der Waals surface area contributed by atoms with E-state index in [-0.39, 0.29) is 24.5 Å². The molecule has 0 atom stereocenters. The Hall–Kier alpha value is -1.63. The predicted molar refractivity (Wildman–Crippen MR) is 69.3 cm³/mol. The molecule has 0 aliphatic carbocycles. The molecule has 0 aliphatic rings. The number of alkyl halides is 3. The Bertz CT molecular complexity index is 448. The van der Waals surface area contributed by atoms with Crippen LogP contribution < -0.4 is 5.73 Å². The molecule has 0 fully saturated rings. The van der Waals surface area contributed by atoms with Crippen molar-refractivity contribution in [2.24, 2.45) is 5.73 Å². The molecule has 1 aromatic carbocycles. The number of hydrogen-bond acceptors (Lipinski definition) is 2. The van der Waals surface area contributed by atoms with Crippen LogP contribution in [0.15, 0.2) is 30.3 Å². The van der Waals surface area contributed by atoms with Crippen LogP contribution in [0.1, 0.15) is 12.0 Å². The summed E-state index contributed by atoms with van der Waals surface area (Å²) in [6, 6.07) is 8.43. The SMILES string of the molecule is NC(=S)CCN(Cc1ccccc1)C(=O)C(F)(F)F. The zero-order chi connectivity index (χ0) is 14.5. The average Bonchev–Trinajstić information content (AvgIpc) is 2.33. The summed E-state index contributed by atoms with van der Waals surface area (Å²) >= 11 is 4.62. The fourth-order valence-electron chi connectivity index (χ4n) is 1.48. The van der Waals surface area contributed by atoms with Gasteiger partial charge in [0, 0.05) is 19.5 Å². The Morgan fingerprint density at radius 2 is 1.84 bits per heavy atom. The van der Waals surface area contributed by atoms with E-state index in [0.29, 0.717) is 10.5 Å². The lowest BCUT2D eigenvalue weighted by atomic mass is 10.2. The van der Waals surface area contributed by atoms with Gasteiger partial charge in [0.2, 0.25) is 0 Å². The van der Waals surface area contributed by atoms with Gasteiger partial charge in [0.25, 0.3) is 0 Å². The Balaban J connectivity index is 2.80. The van der Waals surface area contributed by atoms with Crippen molar-refractivity contribution in [2.45, 2.75) is 19.1 Å². The monoisotopic (exact) mass is 290 g/mol. The number of nitrogens with zero attached hydrogens (tertiary/aromatic N) is 1. The molecule has 104 valence electrons. The second kappa shape index (κ2) is 6.51. The predicted octanol–water partition coefficient (Wildman–Crippen LogP) is 2.25. The molecule has 0 bridgehead atoms. The standard InChI is InChI=1S/C12H13F3N2OS/c13-12(14,15)11(18)17(7-6-10(16)19)8-9-4-2-1-3-5-9/h1-5H,6-8H2,(H2,16,19). The van der Waals surface area contributed by atoms with E-state index in [9.17, 15) is 18.0 Å². The number of nitrogens with two attached hydrogens (primary N) is 1. The van der Waals surface area contributed by atoms with E-state index in [1.165, 1.54) is 0 Å². The zero-order valence-electron chi connectivity index (χ0n) is 9.98. The summed E-state index contributed by atoms with van der Waals surface area (Å²) in [5.74, 6) is -1.88. The van der Waals surface area contributed by atoms with Crippen LogP contribution in [0.2, 0.25) is 0 Å². The van der Waals surface area contributed by atoms with Gasteiger partial charge in [-0.05, 0) is 5.56 Å². The first-order chi connectivity index (χ1) is 8.80. The topological polar surface area (TPSA) is 46.3 Å². The van der Waals surface area contributed by atoms with E-state index in [2.05, 4.69) is 12.2 Å². The highest BCUT2D eigenvalue weighted by molar-refractivity contribution is 7.80. The Labute approximate surface area is 114 Å². The molecule has 0 saturated heterocycles. The van der Waals surface area contributed by atoms with Gasteiger partial charge in [0.05, 0.1) is 4.99 Å². The largest absolute Gasteiger partial charge is 0.471 e. The number of rotatable bonds is 5. The summed E-state index contributed by atoms with van der Waals surface area (Å²) in [6.45, 7) is -0.273. The molecule has 1 amide bonds. The fraction of sp³-hybridized carbons (Fsp3) is 0.333. The molecule has 3 nitrogen and oxygen atoms in total. The minimum Gasteiger partial charge on any atom is -0.393 e. The first-order valence-corrected chi connectivity index (χ1v) is 5.90. The normalized spacial score (nSPS) is 11.1. The smallest absolute Gasteiger partial charge is 0.393 e. The number of benzene rings is 1. The Morgan fingerprint density at radius 3 is 2.32 bits per heavy atom. The molecule has 1 rings (SSSR count). The summed E-state index contributed by atoms with van der Waals surface area (Å²) in [6.07, 6.45) is -4.84. The lowest BCUT2D eigenvalue weighted by molar-refractivity contribution is -0.186. The first kappa shape index (κ1) is 15.4. The molecule has 1 aromatic rings. The maximum atomic E-state index is 12.5. The Morgan fingerprint density at radius 1 is 1.26 bits per heavy atom. The molecule has 7 heteroatoms. The molecule has 19 heavy (non-hydrogen) atoms. The van der Waals surface area contributed by atoms with Crippen molar-refractivity contribution < 1.29 is 18.0 Å². The minimum atomic E-state index is -4.90. The van der Waals surface area contributed by atoms with Gasteiger partial charge in [-0.15, -0.1) is 0 Å². The fourth-order valence-corrected chi connectivity index (χ4v) is 1.57. The molecule has 0 spiro atoms. The Kier molecular flexibility index (Phi) is 5.29. The van der Waals surface area contributed by atoms with Crippen LogP contribution >= 0.6 is 12.2 Å². The van der Waals surface area contributed by atoms with Crippen molar-refractivity contribution in [3.63, 3.8) is 0 Å². The van der Waals surface area contributed by atoms with Gasteiger partial charge < -0.3 is 10.6 Å². The van der Waals surface area contributed by atoms with Crippen LogP contribution in [0.25, 0.3) is 0 Å². The zero-order valence-corrected chi connectivity index (χ0v) is 10.8. The minimum absolute atomic E-state index is 0.0595. The third kappa shape index (κ3) is 5.25. The highest BCUT2D eigenvalue weighted by Gasteiger charge is 2.42. The number of carbonyl (C=O) groups is 1. The van der Waals surface area contributed by atoms with Gasteiger partial charge in [-0.1, -0.05) is 42.5 Å². The van der Waals surface area contributed by atoms with Gasteiger partial charge in [-0.25, -0.2) is 0 Å². The molecule has 2 N–H and O–H groups in total. The summed E-state index contributed by atoms with van der Waals surface area (Å²) in [4.78, 5) is 12.1. The second-order valence-electron chi connectivity index (χ2n) is 3.93. The van der Waals surface area contributed by atoms with Crippen LogP contribution in [0.5, 0.6) is 0 Å². The van der Waals surface area contributed by atoms with Gasteiger partial charge in [-0.2, -0.15) is 13.2 Å². The lowest BCUT2D eigenvalue weighted by Gasteiger charge is -2.23. The van der Waals surface area contributed by atoms with Gasteiger partial charge >= 0.3 is 12.1 Å². The van der Waals surface area contributed by atoms with Gasteiger partial charge in [-0.3, -0.25) is 4.79 Å². The number of carbonyl (C=O) groups excluding carboxylic acids is 1. The first-order valence-electron chi connectivity index (χ1n) is 5.49. The second-order valence-corrected chi connectivity index (χ2v) is 4.45. The number of amides is 1. The maximum absolute atomic E-state index is 12.5. The molecule has 0 unspecified atom stereocenters. The molecule has 0 saturated carbocycles. The average molecular weight is 290 g/mol. The van der Waals surface area contributed by atoms with E-state index in [4.69, 9.17) is 5.73 Å². The summed E-state index contributed by atoms with van der Waals surface area (Å²) in [5.41, 5.74) is 5.87. The lowest BCUT2D eigenvalue weighted by Crippen LogP contribution is -2.42. The van der Waals surface area contributed by atoms with E-state index in [1.807, 2.05) is 0 Å². The third-order valence-electron chi connectivity index (χ3n) is 2.37. The molecule has 0 heterocycles. The van der Waals surface area contributed by atoms with Crippen LogP contribution in [0, 0.1) is 0 Å². The van der Waals surface area contributed by atoms with Crippen LogP contribution in [0.4, 0.5) is 13.2 Å². The summed E-state index contributed by atoms with van der Waals surface area (Å²) in [7, 11) is 0. The van der Waals surface area contributed by atoms with Crippen molar-refractivity contribution in [3.05, 3.63) is 35.9 Å². The maximum Gasteiger partial charge on any atom is 0.471 e. The highest BCUT2D eigenvalue weighted by atomic mass is 32.1. The van der Waals surface area contributed by atoms with Crippen LogP contribution in [-0.4, -0.2) is 28.5 Å². The number of thiocarbonyl (C=S) groups is 1. The molecule has 0 aromatic heterocycles. The van der Waals surface area contributed by atoms with E-state index in [1.54, 1.807) is 30.3 Å². The van der Waals surface area contributed by atoms with Crippen molar-refractivity contribution in [3.8, 4) is 0 Å². The van der Waals surface area contributed by atoms with Crippen LogP contribution in [0.3, 0.4) is 0 Å². The van der Waals surface area contributed by atoms with Crippen molar-refractivity contribution in [1.29, 1.82) is 0 Å². The van der Waals surface area contributed by atoms with Gasteiger partial charge in [0.1, 0.15) is 0 Å². The third-order valence-corrected chi connectivity index (χ3v) is 2.58. The summed E-state index contributed by atoms with van der Waals surface area (Å²) in [5, 5.41) is 0. The summed E-state index contributed by atoms with van der Waals surface area (Å²) < 4.78 is 37.4.